The Hall–Kier alpha value is -2.34. The summed E-state index contributed by atoms with van der Waals surface area (Å²) in [4.78, 5) is 21.6. The second-order valence-corrected chi connectivity index (χ2v) is 8.13. The van der Waals surface area contributed by atoms with Crippen LogP contribution in [0.4, 0.5) is 0 Å². The molecule has 1 aromatic carbocycles. The third kappa shape index (κ3) is 5.57. The van der Waals surface area contributed by atoms with Crippen molar-refractivity contribution in [2.24, 2.45) is 4.99 Å². The van der Waals surface area contributed by atoms with Crippen LogP contribution in [0.15, 0.2) is 41.4 Å². The summed E-state index contributed by atoms with van der Waals surface area (Å²) in [6.45, 7) is 7.89. The predicted octanol–water partition coefficient (Wildman–Crippen LogP) is 3.43. The van der Waals surface area contributed by atoms with Crippen molar-refractivity contribution in [3.8, 4) is 0 Å². The molecule has 0 saturated heterocycles. The van der Waals surface area contributed by atoms with Gasteiger partial charge in [0.1, 0.15) is 0 Å². The van der Waals surface area contributed by atoms with Crippen molar-refractivity contribution in [3.63, 3.8) is 0 Å². The number of aliphatic imine (C=N–C) groups is 1. The maximum Gasteiger partial charge on any atom is 0.223 e. The minimum Gasteiger partial charge on any atom is -0.357 e. The highest BCUT2D eigenvalue weighted by molar-refractivity contribution is 7.11. The summed E-state index contributed by atoms with van der Waals surface area (Å²) in [6, 6.07) is 12.5. The first-order valence-corrected chi connectivity index (χ1v) is 10.4. The molecule has 0 aliphatic carbocycles. The van der Waals surface area contributed by atoms with E-state index in [2.05, 4.69) is 53.7 Å². The number of aryl methyl sites for hydroxylation is 1. The number of thiophene rings is 1. The van der Waals surface area contributed by atoms with Crippen LogP contribution in [0.1, 0.15) is 40.6 Å². The third-order valence-electron chi connectivity index (χ3n) is 4.59. The lowest BCUT2D eigenvalue weighted by Crippen LogP contribution is -2.38. The number of hydrogen-bond acceptors (Lipinski definition) is 3. The molecule has 0 fully saturated rings. The number of nitrogens with one attached hydrogen (secondary N) is 2. The topological polar surface area (TPSA) is 56.7 Å². The van der Waals surface area contributed by atoms with Crippen LogP contribution in [0.2, 0.25) is 0 Å². The Labute approximate surface area is 165 Å². The van der Waals surface area contributed by atoms with Crippen LogP contribution in [0.25, 0.3) is 0 Å². The Morgan fingerprint density at radius 2 is 1.89 bits per heavy atom. The van der Waals surface area contributed by atoms with Gasteiger partial charge in [0.25, 0.3) is 0 Å². The molecule has 0 unspecified atom stereocenters. The first kappa shape index (κ1) is 19.4. The molecule has 2 aromatic rings. The molecule has 0 saturated carbocycles. The molecule has 2 heterocycles. The van der Waals surface area contributed by atoms with Gasteiger partial charge in [-0.3, -0.25) is 4.79 Å². The second kappa shape index (κ2) is 9.55. The first-order chi connectivity index (χ1) is 13.2. The zero-order valence-corrected chi connectivity index (χ0v) is 16.9. The van der Waals surface area contributed by atoms with E-state index in [4.69, 9.17) is 0 Å². The van der Waals surface area contributed by atoms with Gasteiger partial charge in [0, 0.05) is 42.4 Å². The van der Waals surface area contributed by atoms with Crippen LogP contribution in [0, 0.1) is 6.92 Å². The van der Waals surface area contributed by atoms with Crippen molar-refractivity contribution in [2.75, 3.05) is 13.1 Å². The molecule has 5 nitrogen and oxygen atoms in total. The summed E-state index contributed by atoms with van der Waals surface area (Å²) >= 11 is 1.78. The van der Waals surface area contributed by atoms with Crippen LogP contribution in [0.3, 0.4) is 0 Å². The van der Waals surface area contributed by atoms with Gasteiger partial charge in [-0.15, -0.1) is 11.3 Å². The lowest BCUT2D eigenvalue weighted by atomic mass is 10.1. The fourth-order valence-electron chi connectivity index (χ4n) is 3.18. The normalized spacial score (nSPS) is 13.6. The van der Waals surface area contributed by atoms with Crippen LogP contribution in [0.5, 0.6) is 0 Å². The van der Waals surface area contributed by atoms with Gasteiger partial charge in [0.05, 0.1) is 6.54 Å². The lowest BCUT2D eigenvalue weighted by molar-refractivity contribution is -0.131. The molecule has 144 valence electrons. The molecule has 0 spiro atoms. The number of rotatable bonds is 7. The molecule has 1 aromatic heterocycles. The highest BCUT2D eigenvalue weighted by Gasteiger charge is 2.22. The van der Waals surface area contributed by atoms with Crippen molar-refractivity contribution >= 4 is 23.2 Å². The van der Waals surface area contributed by atoms with Gasteiger partial charge >= 0.3 is 0 Å². The van der Waals surface area contributed by atoms with E-state index in [1.165, 1.54) is 20.9 Å². The van der Waals surface area contributed by atoms with E-state index < -0.39 is 0 Å². The number of carbonyl (C=O) groups excluding carboxylic acids is 1. The number of carbonyl (C=O) groups is 1. The van der Waals surface area contributed by atoms with Gasteiger partial charge in [-0.2, -0.15) is 0 Å². The Bertz CT molecular complexity index is 774. The molecule has 27 heavy (non-hydrogen) atoms. The van der Waals surface area contributed by atoms with Crippen LogP contribution >= 0.6 is 11.3 Å². The molecule has 0 radical (unpaired) electrons. The standard InChI is InChI=1S/C21H28N4OS/c1-3-22-21(24-13-19-11-10-16(2)27-19)23-12-6-9-20(26)25-14-17-7-4-5-8-18(17)15-25/h4-5,7-8,10-11H,3,6,9,12-15H2,1-2H3,(H2,22,23,24). The molecule has 3 rings (SSSR count). The smallest absolute Gasteiger partial charge is 0.223 e. The third-order valence-corrected chi connectivity index (χ3v) is 5.57. The molecule has 1 aliphatic heterocycles. The number of benzene rings is 1. The van der Waals surface area contributed by atoms with Gasteiger partial charge in [-0.05, 0) is 43.5 Å². The summed E-state index contributed by atoms with van der Waals surface area (Å²) in [5.74, 6) is 1.04. The fourth-order valence-corrected chi connectivity index (χ4v) is 4.00. The Morgan fingerprint density at radius 1 is 1.15 bits per heavy atom. The van der Waals surface area contributed by atoms with Crippen molar-refractivity contribution < 1.29 is 4.79 Å². The summed E-state index contributed by atoms with van der Waals surface area (Å²) in [7, 11) is 0. The van der Waals surface area contributed by atoms with E-state index in [9.17, 15) is 4.79 Å². The van der Waals surface area contributed by atoms with Gasteiger partial charge < -0.3 is 15.5 Å². The first-order valence-electron chi connectivity index (χ1n) is 9.57. The fraction of sp³-hybridized carbons (Fsp3) is 0.429. The quantitative estimate of drug-likeness (QED) is 0.437. The highest BCUT2D eigenvalue weighted by Crippen LogP contribution is 2.22. The molecular weight excluding hydrogens is 356 g/mol. The lowest BCUT2D eigenvalue weighted by Gasteiger charge is -2.16. The SMILES string of the molecule is CCNC(=NCc1ccc(C)s1)NCCCC(=O)N1Cc2ccccc2C1. The van der Waals surface area contributed by atoms with Crippen LogP contribution in [-0.4, -0.2) is 29.9 Å². The van der Waals surface area contributed by atoms with Crippen molar-refractivity contribution in [2.45, 2.75) is 46.3 Å². The molecular formula is C21H28N4OS. The number of amides is 1. The minimum absolute atomic E-state index is 0.226. The highest BCUT2D eigenvalue weighted by atomic mass is 32.1. The average Bonchev–Trinajstić information content (AvgIpc) is 3.28. The van der Waals surface area contributed by atoms with Gasteiger partial charge in [0.15, 0.2) is 5.96 Å². The number of guanidine groups is 1. The zero-order valence-electron chi connectivity index (χ0n) is 16.1. The summed E-state index contributed by atoms with van der Waals surface area (Å²) in [6.07, 6.45) is 1.36. The molecule has 2 N–H and O–H groups in total. The Morgan fingerprint density at radius 3 is 2.52 bits per heavy atom. The van der Waals surface area contributed by atoms with E-state index in [1.54, 1.807) is 11.3 Å². The minimum atomic E-state index is 0.226. The van der Waals surface area contributed by atoms with E-state index in [1.807, 2.05) is 17.0 Å². The second-order valence-electron chi connectivity index (χ2n) is 6.76. The van der Waals surface area contributed by atoms with E-state index in [0.717, 1.165) is 38.6 Å². The molecule has 0 atom stereocenters. The molecule has 0 bridgehead atoms. The number of fused-ring (bicyclic) bond motifs is 1. The molecule has 1 amide bonds. The largest absolute Gasteiger partial charge is 0.357 e. The number of hydrogen-bond donors (Lipinski definition) is 2. The monoisotopic (exact) mass is 384 g/mol. The van der Waals surface area contributed by atoms with Gasteiger partial charge in [-0.25, -0.2) is 4.99 Å². The van der Waals surface area contributed by atoms with Crippen molar-refractivity contribution in [1.82, 2.24) is 15.5 Å². The molecule has 1 aliphatic rings. The van der Waals surface area contributed by atoms with E-state index >= 15 is 0 Å². The van der Waals surface area contributed by atoms with Crippen LogP contribution in [-0.2, 0) is 24.4 Å². The summed E-state index contributed by atoms with van der Waals surface area (Å²) in [5.41, 5.74) is 2.55. The van der Waals surface area contributed by atoms with Crippen LogP contribution < -0.4 is 10.6 Å². The molecule has 6 heteroatoms. The van der Waals surface area contributed by atoms with Gasteiger partial charge in [0.2, 0.25) is 5.91 Å². The summed E-state index contributed by atoms with van der Waals surface area (Å²) < 4.78 is 0. The van der Waals surface area contributed by atoms with Crippen molar-refractivity contribution in [3.05, 3.63) is 57.3 Å². The predicted molar refractivity (Wildman–Crippen MR) is 112 cm³/mol. The average molecular weight is 385 g/mol. The maximum absolute atomic E-state index is 12.5. The van der Waals surface area contributed by atoms with Gasteiger partial charge in [-0.1, -0.05) is 24.3 Å². The number of nitrogens with zero attached hydrogens (tertiary/aromatic N) is 2. The van der Waals surface area contributed by atoms with E-state index in [-0.39, 0.29) is 5.91 Å². The summed E-state index contributed by atoms with van der Waals surface area (Å²) in [5, 5.41) is 6.60. The zero-order chi connectivity index (χ0) is 19.1. The Kier molecular flexibility index (Phi) is 6.87. The maximum atomic E-state index is 12.5. The van der Waals surface area contributed by atoms with E-state index in [0.29, 0.717) is 13.0 Å². The Balaban J connectivity index is 1.40. The van der Waals surface area contributed by atoms with Crippen molar-refractivity contribution in [1.29, 1.82) is 0 Å².